The van der Waals surface area contributed by atoms with Crippen LogP contribution in [-0.4, -0.2) is 29.0 Å². The average molecular weight is 532 g/mol. The smallest absolute Gasteiger partial charge is 0.308 e. The molecule has 5 nitrogen and oxygen atoms in total. The first-order chi connectivity index (χ1) is 18.7. The molecular weight excluding hydrogens is 498 g/mol. The highest BCUT2D eigenvalue weighted by Gasteiger charge is 2.49. The number of benzene rings is 3. The third kappa shape index (κ3) is 5.29. The summed E-state index contributed by atoms with van der Waals surface area (Å²) in [7, 11) is 0. The highest BCUT2D eigenvalue weighted by molar-refractivity contribution is 6.15. The van der Waals surface area contributed by atoms with Crippen molar-refractivity contribution in [3.63, 3.8) is 0 Å². The summed E-state index contributed by atoms with van der Waals surface area (Å²) in [6.45, 7) is 6.23. The predicted octanol–water partition coefficient (Wildman–Crippen LogP) is 7.09. The molecule has 3 aromatic carbocycles. The maximum Gasteiger partial charge on any atom is 0.308 e. The summed E-state index contributed by atoms with van der Waals surface area (Å²) in [4.78, 5) is 12.0. The van der Waals surface area contributed by atoms with Gasteiger partial charge in [0, 0.05) is 47.7 Å². The zero-order chi connectivity index (χ0) is 27.7. The first-order valence-electron chi connectivity index (χ1n) is 13.4. The molecule has 0 aromatic heterocycles. The molecule has 0 saturated carbocycles. The van der Waals surface area contributed by atoms with Crippen molar-refractivity contribution < 1.29 is 23.4 Å². The summed E-state index contributed by atoms with van der Waals surface area (Å²) in [5, 5.41) is 15.5. The Morgan fingerprint density at radius 3 is 2.08 bits per heavy atom. The van der Waals surface area contributed by atoms with Crippen LogP contribution in [0.3, 0.4) is 0 Å². The Hall–Kier alpha value is -3.68. The molecule has 39 heavy (non-hydrogen) atoms. The number of carbonyl (C=O) groups excluding carboxylic acids is 1. The molecule has 3 aromatic rings. The van der Waals surface area contributed by atoms with Crippen LogP contribution in [-0.2, 0) is 9.53 Å². The molecule has 2 aliphatic heterocycles. The van der Waals surface area contributed by atoms with Crippen molar-refractivity contribution in [3.8, 4) is 0 Å². The van der Waals surface area contributed by atoms with Gasteiger partial charge in [-0.25, -0.2) is 8.78 Å². The molecule has 1 unspecified atom stereocenters. The fraction of sp³-hybridized carbons (Fsp3) is 0.312. The van der Waals surface area contributed by atoms with Gasteiger partial charge in [0.15, 0.2) is 17.1 Å². The number of cyclic esters (lactones) is 1. The number of allylic oxidation sites excluding steroid dienone is 2. The SMILES string of the molecule is Cc1ccc([N+]2(c3ccc(F)cc3)N=C(c3ccc(F)cc3)C(CC[C@@H]3C[C@@H](O)CC(=O)O3)=C2C(C)C)cc1. The van der Waals surface area contributed by atoms with Crippen LogP contribution in [0, 0.1) is 24.5 Å². The number of carbonyl (C=O) groups is 1. The normalized spacial score (nSPS) is 23.3. The van der Waals surface area contributed by atoms with Crippen LogP contribution < -0.4 is 4.59 Å². The first-order valence-corrected chi connectivity index (χ1v) is 13.4. The number of nitrogens with zero attached hydrogens (tertiary/aromatic N) is 2. The minimum absolute atomic E-state index is 0.0106. The van der Waals surface area contributed by atoms with E-state index in [2.05, 4.69) is 13.8 Å². The number of rotatable bonds is 7. The molecule has 0 aliphatic carbocycles. The summed E-state index contributed by atoms with van der Waals surface area (Å²) >= 11 is 0. The van der Waals surface area contributed by atoms with Crippen LogP contribution in [0.15, 0.2) is 89.2 Å². The standard InChI is InChI=1S/C32H33F2N2O3/c1-20(2)32-29(17-16-28-18-27(37)19-30(38)39-28)31(22-6-8-23(33)9-7-22)35-36(32,25-12-4-21(3)5-13-25)26-14-10-24(34)11-15-26/h4-15,20,27-28,37H,16-19H2,1-3H3/q+1/t27-,28-,36?/m1/s1. The van der Waals surface area contributed by atoms with Crippen molar-refractivity contribution in [2.24, 2.45) is 11.0 Å². The van der Waals surface area contributed by atoms with Gasteiger partial charge in [0.2, 0.25) is 0 Å². The summed E-state index contributed by atoms with van der Waals surface area (Å²) in [6, 6.07) is 20.8. The molecule has 0 amide bonds. The Morgan fingerprint density at radius 1 is 0.949 bits per heavy atom. The molecule has 0 radical (unpaired) electrons. The zero-order valence-electron chi connectivity index (χ0n) is 22.4. The van der Waals surface area contributed by atoms with Crippen LogP contribution >= 0.6 is 0 Å². The number of quaternary nitrogens is 1. The van der Waals surface area contributed by atoms with E-state index in [0.717, 1.165) is 33.8 Å². The van der Waals surface area contributed by atoms with E-state index < -0.39 is 18.2 Å². The van der Waals surface area contributed by atoms with Crippen molar-refractivity contribution in [2.45, 2.75) is 58.7 Å². The van der Waals surface area contributed by atoms with Crippen LogP contribution in [0.2, 0.25) is 0 Å². The summed E-state index contributed by atoms with van der Waals surface area (Å²) in [6.07, 6.45) is 0.300. The lowest BCUT2D eigenvalue weighted by atomic mass is 9.90. The Labute approximate surface area is 227 Å². The van der Waals surface area contributed by atoms with E-state index in [4.69, 9.17) is 9.84 Å². The van der Waals surface area contributed by atoms with Crippen LogP contribution in [0.25, 0.3) is 0 Å². The molecule has 2 aliphatic rings. The van der Waals surface area contributed by atoms with Crippen molar-refractivity contribution in [1.29, 1.82) is 0 Å². The number of hydrogen-bond acceptors (Lipinski definition) is 4. The second-order valence-electron chi connectivity index (χ2n) is 10.7. The molecule has 0 spiro atoms. The molecule has 5 rings (SSSR count). The van der Waals surface area contributed by atoms with Gasteiger partial charge < -0.3 is 9.84 Å². The lowest BCUT2D eigenvalue weighted by Gasteiger charge is -2.32. The summed E-state index contributed by atoms with van der Waals surface area (Å²) < 4.78 is 33.6. The van der Waals surface area contributed by atoms with E-state index in [0.29, 0.717) is 25.0 Å². The monoisotopic (exact) mass is 531 g/mol. The Morgan fingerprint density at radius 2 is 1.51 bits per heavy atom. The lowest BCUT2D eigenvalue weighted by Crippen LogP contribution is -2.38. The molecule has 1 fully saturated rings. The highest BCUT2D eigenvalue weighted by Crippen LogP contribution is 2.49. The van der Waals surface area contributed by atoms with E-state index in [1.807, 2.05) is 31.2 Å². The van der Waals surface area contributed by atoms with Gasteiger partial charge in [0.05, 0.1) is 12.5 Å². The van der Waals surface area contributed by atoms with Gasteiger partial charge >= 0.3 is 5.97 Å². The van der Waals surface area contributed by atoms with Gasteiger partial charge in [-0.15, -0.1) is 4.59 Å². The van der Waals surface area contributed by atoms with Crippen LogP contribution in [0.4, 0.5) is 20.2 Å². The number of ether oxygens (including phenoxy) is 1. The molecule has 3 atom stereocenters. The average Bonchev–Trinajstić information content (AvgIpc) is 3.24. The Bertz CT molecular complexity index is 1370. The van der Waals surface area contributed by atoms with E-state index >= 15 is 0 Å². The molecule has 7 heteroatoms. The third-order valence-corrected chi connectivity index (χ3v) is 7.42. The molecule has 1 N–H and O–H groups in total. The van der Waals surface area contributed by atoms with E-state index in [1.165, 1.54) is 24.3 Å². The molecular formula is C32H33F2N2O3+. The summed E-state index contributed by atoms with van der Waals surface area (Å²) in [5.74, 6) is -1.05. The molecule has 2 heterocycles. The number of halogens is 2. The second kappa shape index (κ2) is 10.8. The first kappa shape index (κ1) is 26.9. The molecule has 0 bridgehead atoms. The second-order valence-corrected chi connectivity index (χ2v) is 10.7. The van der Waals surface area contributed by atoms with Gasteiger partial charge in [-0.1, -0.05) is 36.6 Å². The van der Waals surface area contributed by atoms with Gasteiger partial charge in [-0.05, 0) is 56.2 Å². The van der Waals surface area contributed by atoms with Gasteiger partial charge in [-0.2, -0.15) is 0 Å². The maximum absolute atomic E-state index is 14.1. The van der Waals surface area contributed by atoms with Gasteiger partial charge in [-0.3, -0.25) is 4.79 Å². The fourth-order valence-electron chi connectivity index (χ4n) is 5.69. The number of hydrogen-bond donors (Lipinski definition) is 1. The predicted molar refractivity (Wildman–Crippen MR) is 148 cm³/mol. The maximum atomic E-state index is 14.1. The number of aliphatic hydroxyl groups is 1. The van der Waals surface area contributed by atoms with Crippen LogP contribution in [0.1, 0.15) is 50.7 Å². The van der Waals surface area contributed by atoms with Gasteiger partial charge in [0.25, 0.3) is 0 Å². The van der Waals surface area contributed by atoms with Crippen molar-refractivity contribution in [3.05, 3.63) is 107 Å². The Balaban J connectivity index is 1.72. The zero-order valence-corrected chi connectivity index (χ0v) is 22.4. The number of aryl methyl sites for hydroxylation is 1. The van der Waals surface area contributed by atoms with E-state index in [-0.39, 0.29) is 28.6 Å². The topological polar surface area (TPSA) is 58.9 Å². The van der Waals surface area contributed by atoms with Crippen molar-refractivity contribution >= 4 is 23.1 Å². The number of aliphatic hydroxyl groups excluding tert-OH is 1. The Kier molecular flexibility index (Phi) is 7.47. The third-order valence-electron chi connectivity index (χ3n) is 7.42. The fourth-order valence-corrected chi connectivity index (χ4v) is 5.69. The summed E-state index contributed by atoms with van der Waals surface area (Å²) in [5.41, 5.74) is 6.23. The quantitative estimate of drug-likeness (QED) is 0.262. The van der Waals surface area contributed by atoms with E-state index in [1.54, 1.807) is 24.3 Å². The number of esters is 1. The van der Waals surface area contributed by atoms with Gasteiger partial charge in [0.1, 0.15) is 23.5 Å². The minimum atomic E-state index is -0.717. The highest BCUT2D eigenvalue weighted by atomic mass is 19.1. The molecule has 1 saturated heterocycles. The minimum Gasteiger partial charge on any atom is -0.462 e. The largest absolute Gasteiger partial charge is 0.462 e. The van der Waals surface area contributed by atoms with Crippen molar-refractivity contribution in [2.75, 3.05) is 0 Å². The van der Waals surface area contributed by atoms with Crippen LogP contribution in [0.5, 0.6) is 0 Å². The van der Waals surface area contributed by atoms with E-state index in [9.17, 15) is 18.7 Å². The molecule has 202 valence electrons. The lowest BCUT2D eigenvalue weighted by molar-refractivity contribution is -0.160. The van der Waals surface area contributed by atoms with Crippen molar-refractivity contribution in [1.82, 2.24) is 4.59 Å².